The fraction of sp³-hybridized carbons (Fsp3) is 0.636. The molecule has 0 saturated carbocycles. The van der Waals surface area contributed by atoms with Crippen LogP contribution in [0.25, 0.3) is 0 Å². The summed E-state index contributed by atoms with van der Waals surface area (Å²) in [5, 5.41) is 14.0. The van der Waals surface area contributed by atoms with E-state index in [0.29, 0.717) is 6.54 Å². The molecule has 1 fully saturated rings. The van der Waals surface area contributed by atoms with Crippen LogP contribution in [0, 0.1) is 10.1 Å². The maximum atomic E-state index is 11.0. The molecule has 0 spiro atoms. The number of hydrogen-bond acceptors (Lipinski definition) is 8. The predicted molar refractivity (Wildman–Crippen MR) is 71.0 cm³/mol. The molecule has 1 aliphatic heterocycles. The summed E-state index contributed by atoms with van der Waals surface area (Å²) in [6.07, 6.45) is 1.24. The van der Waals surface area contributed by atoms with Gasteiger partial charge in [0.2, 0.25) is 5.82 Å². The first-order valence-corrected chi connectivity index (χ1v) is 6.29. The van der Waals surface area contributed by atoms with Crippen molar-refractivity contribution in [1.29, 1.82) is 0 Å². The third-order valence-corrected chi connectivity index (χ3v) is 2.99. The van der Waals surface area contributed by atoms with Gasteiger partial charge in [0.05, 0.1) is 25.2 Å². The highest BCUT2D eigenvalue weighted by molar-refractivity contribution is 5.60. The number of nitrogens with one attached hydrogen (secondary N) is 1. The van der Waals surface area contributed by atoms with Crippen LogP contribution in [0.5, 0.6) is 5.88 Å². The van der Waals surface area contributed by atoms with Crippen LogP contribution in [-0.2, 0) is 4.74 Å². The number of nitrogens with zero attached hydrogens (tertiary/aromatic N) is 4. The fourth-order valence-electron chi connectivity index (χ4n) is 1.96. The van der Waals surface area contributed by atoms with Gasteiger partial charge >= 0.3 is 5.69 Å². The average Bonchev–Trinajstić information content (AvgIpc) is 2.47. The Labute approximate surface area is 116 Å². The van der Waals surface area contributed by atoms with Crippen molar-refractivity contribution in [2.45, 2.75) is 0 Å². The van der Waals surface area contributed by atoms with Crippen molar-refractivity contribution in [2.75, 3.05) is 51.8 Å². The normalized spacial score (nSPS) is 15.8. The monoisotopic (exact) mass is 283 g/mol. The molecule has 1 aromatic rings. The van der Waals surface area contributed by atoms with Crippen molar-refractivity contribution in [3.63, 3.8) is 0 Å². The summed E-state index contributed by atoms with van der Waals surface area (Å²) in [5.41, 5.74) is -0.239. The lowest BCUT2D eigenvalue weighted by molar-refractivity contribution is -0.385. The molecule has 0 aliphatic carbocycles. The molecule has 0 atom stereocenters. The lowest BCUT2D eigenvalue weighted by Gasteiger charge is -2.26. The van der Waals surface area contributed by atoms with Gasteiger partial charge in [-0.3, -0.25) is 15.0 Å². The van der Waals surface area contributed by atoms with E-state index in [1.165, 1.54) is 13.4 Å². The number of nitro groups is 1. The standard InChI is InChI=1S/C11H17N5O4/c1-19-11-9(16(17)18)10(13-8-14-11)12-2-3-15-4-6-20-7-5-15/h8H,2-7H2,1H3,(H,12,13,14). The first kappa shape index (κ1) is 14.4. The number of methoxy groups -OCH3 is 1. The van der Waals surface area contributed by atoms with Gasteiger partial charge in [0.1, 0.15) is 6.33 Å². The Hall–Kier alpha value is -2.00. The predicted octanol–water partition coefficient (Wildman–Crippen LogP) is 0.138. The zero-order chi connectivity index (χ0) is 14.4. The van der Waals surface area contributed by atoms with Crippen LogP contribution < -0.4 is 10.1 Å². The molecule has 1 aromatic heterocycles. The molecule has 0 aromatic carbocycles. The van der Waals surface area contributed by atoms with Crippen LogP contribution in [0.1, 0.15) is 0 Å². The van der Waals surface area contributed by atoms with Gasteiger partial charge in [-0.25, -0.2) is 4.98 Å². The molecule has 1 saturated heterocycles. The number of ether oxygens (including phenoxy) is 2. The van der Waals surface area contributed by atoms with Crippen LogP contribution in [0.4, 0.5) is 11.5 Å². The van der Waals surface area contributed by atoms with Gasteiger partial charge in [-0.15, -0.1) is 0 Å². The largest absolute Gasteiger partial charge is 0.476 e. The maximum Gasteiger partial charge on any atom is 0.372 e. The molecule has 0 bridgehead atoms. The summed E-state index contributed by atoms with van der Waals surface area (Å²) in [7, 11) is 1.34. The molecule has 0 amide bonds. The van der Waals surface area contributed by atoms with E-state index in [0.717, 1.165) is 32.8 Å². The molecule has 9 nitrogen and oxygen atoms in total. The Kier molecular flexibility index (Phi) is 5.02. The number of anilines is 1. The zero-order valence-corrected chi connectivity index (χ0v) is 11.2. The summed E-state index contributed by atoms with van der Waals surface area (Å²) in [6, 6.07) is 0. The second-order valence-corrected chi connectivity index (χ2v) is 4.22. The van der Waals surface area contributed by atoms with Crippen molar-refractivity contribution in [3.05, 3.63) is 16.4 Å². The third-order valence-electron chi connectivity index (χ3n) is 2.99. The van der Waals surface area contributed by atoms with Crippen molar-refractivity contribution >= 4 is 11.5 Å². The van der Waals surface area contributed by atoms with Gasteiger partial charge in [-0.05, 0) is 0 Å². The van der Waals surface area contributed by atoms with Crippen molar-refractivity contribution in [3.8, 4) is 5.88 Å². The minimum Gasteiger partial charge on any atom is -0.476 e. The molecule has 20 heavy (non-hydrogen) atoms. The minimum atomic E-state index is -0.546. The Morgan fingerprint density at radius 3 is 2.90 bits per heavy atom. The van der Waals surface area contributed by atoms with E-state index in [-0.39, 0.29) is 17.4 Å². The van der Waals surface area contributed by atoms with Crippen LogP contribution in [0.15, 0.2) is 6.33 Å². The third kappa shape index (κ3) is 3.52. The van der Waals surface area contributed by atoms with Crippen LogP contribution in [-0.4, -0.2) is 66.3 Å². The summed E-state index contributed by atoms with van der Waals surface area (Å²) in [6.45, 7) is 4.52. The second kappa shape index (κ2) is 6.96. The van der Waals surface area contributed by atoms with E-state index in [4.69, 9.17) is 9.47 Å². The molecular weight excluding hydrogens is 266 g/mol. The average molecular weight is 283 g/mol. The van der Waals surface area contributed by atoms with E-state index in [1.54, 1.807) is 0 Å². The van der Waals surface area contributed by atoms with E-state index < -0.39 is 4.92 Å². The first-order chi connectivity index (χ1) is 9.72. The topological polar surface area (TPSA) is 103 Å². The van der Waals surface area contributed by atoms with Crippen molar-refractivity contribution in [2.24, 2.45) is 0 Å². The Bertz CT molecular complexity index is 464. The van der Waals surface area contributed by atoms with E-state index >= 15 is 0 Å². The van der Waals surface area contributed by atoms with Gasteiger partial charge in [-0.2, -0.15) is 4.98 Å². The highest BCUT2D eigenvalue weighted by atomic mass is 16.6. The summed E-state index contributed by atoms with van der Waals surface area (Å²) < 4.78 is 10.1. The van der Waals surface area contributed by atoms with Gasteiger partial charge in [0.15, 0.2) is 0 Å². The fourth-order valence-corrected chi connectivity index (χ4v) is 1.96. The highest BCUT2D eigenvalue weighted by Crippen LogP contribution is 2.29. The van der Waals surface area contributed by atoms with Crippen molar-refractivity contribution < 1.29 is 14.4 Å². The molecule has 1 N–H and O–H groups in total. The van der Waals surface area contributed by atoms with Crippen LogP contribution in [0.3, 0.4) is 0 Å². The quantitative estimate of drug-likeness (QED) is 0.581. The van der Waals surface area contributed by atoms with E-state index in [1.807, 2.05) is 0 Å². The summed E-state index contributed by atoms with van der Waals surface area (Å²) in [4.78, 5) is 20.4. The summed E-state index contributed by atoms with van der Waals surface area (Å²) >= 11 is 0. The zero-order valence-electron chi connectivity index (χ0n) is 11.2. The Balaban J connectivity index is 1.96. The number of aromatic nitrogens is 2. The first-order valence-electron chi connectivity index (χ1n) is 6.29. The molecular formula is C11H17N5O4. The molecule has 0 unspecified atom stereocenters. The Morgan fingerprint density at radius 2 is 2.25 bits per heavy atom. The number of morpholine rings is 1. The molecule has 1 aliphatic rings. The molecule has 110 valence electrons. The van der Waals surface area contributed by atoms with Gasteiger partial charge in [0, 0.05) is 26.2 Å². The number of rotatable bonds is 6. The minimum absolute atomic E-state index is 0.0427. The van der Waals surface area contributed by atoms with Crippen LogP contribution >= 0.6 is 0 Å². The van der Waals surface area contributed by atoms with E-state index in [2.05, 4.69) is 20.2 Å². The second-order valence-electron chi connectivity index (χ2n) is 4.22. The maximum absolute atomic E-state index is 11.0. The van der Waals surface area contributed by atoms with Gasteiger partial charge in [-0.1, -0.05) is 0 Å². The number of hydrogen-bond donors (Lipinski definition) is 1. The molecule has 2 heterocycles. The van der Waals surface area contributed by atoms with Crippen molar-refractivity contribution in [1.82, 2.24) is 14.9 Å². The van der Waals surface area contributed by atoms with E-state index in [9.17, 15) is 10.1 Å². The lowest BCUT2D eigenvalue weighted by Crippen LogP contribution is -2.39. The molecule has 2 rings (SSSR count). The van der Waals surface area contributed by atoms with Gasteiger partial charge < -0.3 is 14.8 Å². The smallest absolute Gasteiger partial charge is 0.372 e. The summed E-state index contributed by atoms with van der Waals surface area (Å²) in [5.74, 6) is 0.133. The lowest BCUT2D eigenvalue weighted by atomic mass is 10.4. The molecule has 9 heteroatoms. The van der Waals surface area contributed by atoms with Gasteiger partial charge in [0.25, 0.3) is 5.88 Å². The SMILES string of the molecule is COc1ncnc(NCCN2CCOCC2)c1[N+](=O)[O-]. The Morgan fingerprint density at radius 1 is 1.50 bits per heavy atom. The van der Waals surface area contributed by atoms with Crippen LogP contribution in [0.2, 0.25) is 0 Å². The highest BCUT2D eigenvalue weighted by Gasteiger charge is 2.23. The molecule has 0 radical (unpaired) electrons.